The second kappa shape index (κ2) is 11.2. The summed E-state index contributed by atoms with van der Waals surface area (Å²) in [6, 6.07) is 11.2. The van der Waals surface area contributed by atoms with Crippen molar-refractivity contribution in [2.24, 2.45) is 0 Å². The van der Waals surface area contributed by atoms with Crippen LogP contribution in [0.15, 0.2) is 54.7 Å². The van der Waals surface area contributed by atoms with Crippen molar-refractivity contribution >= 4 is 34.9 Å². The first kappa shape index (κ1) is 26.6. The lowest BCUT2D eigenvalue weighted by Crippen LogP contribution is -2.29. The number of ether oxygens (including phenoxy) is 1. The van der Waals surface area contributed by atoms with Crippen LogP contribution < -0.4 is 25.6 Å². The molecule has 8 nitrogen and oxygen atoms in total. The number of nitrogens with zero attached hydrogens (tertiary/aromatic N) is 2. The molecule has 190 valence electrons. The van der Waals surface area contributed by atoms with Gasteiger partial charge in [0.15, 0.2) is 0 Å². The van der Waals surface area contributed by atoms with E-state index in [2.05, 4.69) is 20.9 Å². The first-order valence-corrected chi connectivity index (χ1v) is 10.9. The molecule has 0 aliphatic rings. The number of carbonyl (C=O) groups is 2. The maximum atomic E-state index is 13.3. The number of alkyl halides is 3. The van der Waals surface area contributed by atoms with Gasteiger partial charge in [0.05, 0.1) is 22.0 Å². The monoisotopic (exact) mass is 521 g/mol. The summed E-state index contributed by atoms with van der Waals surface area (Å²) in [4.78, 5) is 29.6. The van der Waals surface area contributed by atoms with Crippen molar-refractivity contribution in [1.29, 1.82) is 0 Å². The summed E-state index contributed by atoms with van der Waals surface area (Å²) in [6.45, 7) is 0.110. The Labute approximate surface area is 210 Å². The van der Waals surface area contributed by atoms with Gasteiger partial charge in [-0.05, 0) is 35.9 Å². The van der Waals surface area contributed by atoms with Gasteiger partial charge in [-0.25, -0.2) is 4.79 Å². The summed E-state index contributed by atoms with van der Waals surface area (Å²) in [5, 5.41) is 7.08. The Hall–Kier alpha value is -3.99. The Kier molecular flexibility index (Phi) is 8.25. The SMILES string of the molecule is CNC(=O)c1cc(Oc2ccc(CNC(=O)Nc3cc(C(F)(F)F)c(Cl)cc3N(C)C)cc2)ccn1. The standard InChI is InChI=1S/C24H23ClF3N5O3/c1-29-22(34)20-10-16(8-9-30-20)36-15-6-4-14(5-7-15)13-31-23(35)32-19-11-17(24(26,27)28)18(25)12-21(19)33(2)3/h4-12H,13H2,1-3H3,(H,29,34)(H2,31,32,35). The van der Waals surface area contributed by atoms with Crippen LogP contribution in [0.3, 0.4) is 0 Å². The minimum atomic E-state index is -4.67. The highest BCUT2D eigenvalue weighted by atomic mass is 35.5. The maximum Gasteiger partial charge on any atom is 0.417 e. The molecule has 0 atom stereocenters. The van der Waals surface area contributed by atoms with E-state index in [1.807, 2.05) is 0 Å². The van der Waals surface area contributed by atoms with Gasteiger partial charge in [-0.3, -0.25) is 9.78 Å². The molecule has 0 saturated carbocycles. The third kappa shape index (κ3) is 6.79. The van der Waals surface area contributed by atoms with Crippen LogP contribution in [0.1, 0.15) is 21.6 Å². The minimum absolute atomic E-state index is 0.0357. The predicted molar refractivity (Wildman–Crippen MR) is 131 cm³/mol. The molecule has 0 spiro atoms. The number of anilines is 2. The number of benzene rings is 2. The molecule has 3 N–H and O–H groups in total. The second-order valence-electron chi connectivity index (χ2n) is 7.75. The molecular formula is C24H23ClF3N5O3. The van der Waals surface area contributed by atoms with Crippen LogP contribution in [0, 0.1) is 0 Å². The van der Waals surface area contributed by atoms with E-state index in [9.17, 15) is 22.8 Å². The summed E-state index contributed by atoms with van der Waals surface area (Å²) in [5.74, 6) is 0.576. The molecule has 0 aliphatic carbocycles. The molecule has 3 amide bonds. The normalized spacial score (nSPS) is 11.0. The molecule has 1 aromatic heterocycles. The number of halogens is 4. The summed E-state index contributed by atoms with van der Waals surface area (Å²) in [6.07, 6.45) is -3.21. The van der Waals surface area contributed by atoms with Crippen LogP contribution in [0.2, 0.25) is 5.02 Å². The minimum Gasteiger partial charge on any atom is -0.457 e. The molecule has 0 aliphatic heterocycles. The molecule has 0 saturated heterocycles. The Morgan fingerprint density at radius 2 is 1.75 bits per heavy atom. The summed E-state index contributed by atoms with van der Waals surface area (Å²) < 4.78 is 45.5. The highest BCUT2D eigenvalue weighted by Crippen LogP contribution is 2.40. The number of rotatable bonds is 7. The Morgan fingerprint density at radius 3 is 2.36 bits per heavy atom. The number of amides is 3. The highest BCUT2D eigenvalue weighted by Gasteiger charge is 2.34. The Balaban J connectivity index is 1.63. The lowest BCUT2D eigenvalue weighted by Gasteiger charge is -2.21. The molecule has 0 bridgehead atoms. The molecule has 12 heteroatoms. The van der Waals surface area contributed by atoms with E-state index in [0.717, 1.165) is 17.7 Å². The summed E-state index contributed by atoms with van der Waals surface area (Å²) >= 11 is 5.79. The zero-order valence-corrected chi connectivity index (χ0v) is 20.3. The third-order valence-electron chi connectivity index (χ3n) is 4.92. The largest absolute Gasteiger partial charge is 0.457 e. The molecule has 0 unspecified atom stereocenters. The van der Waals surface area contributed by atoms with Crippen LogP contribution in [0.25, 0.3) is 0 Å². The van der Waals surface area contributed by atoms with E-state index in [-0.39, 0.29) is 23.8 Å². The molecule has 3 rings (SSSR count). The van der Waals surface area contributed by atoms with Crippen molar-refractivity contribution in [2.45, 2.75) is 12.7 Å². The maximum absolute atomic E-state index is 13.3. The lowest BCUT2D eigenvalue weighted by atomic mass is 10.1. The molecular weight excluding hydrogens is 499 g/mol. The van der Waals surface area contributed by atoms with Gasteiger partial charge in [-0.2, -0.15) is 13.2 Å². The molecule has 3 aromatic rings. The van der Waals surface area contributed by atoms with E-state index in [0.29, 0.717) is 17.2 Å². The Morgan fingerprint density at radius 1 is 1.06 bits per heavy atom. The molecule has 36 heavy (non-hydrogen) atoms. The topological polar surface area (TPSA) is 95.6 Å². The molecule has 1 heterocycles. The first-order chi connectivity index (χ1) is 17.0. The molecule has 0 fully saturated rings. The number of pyridine rings is 1. The van der Waals surface area contributed by atoms with E-state index >= 15 is 0 Å². The average Bonchev–Trinajstić information content (AvgIpc) is 2.83. The van der Waals surface area contributed by atoms with Gasteiger partial charge in [0.1, 0.15) is 17.2 Å². The zero-order valence-electron chi connectivity index (χ0n) is 19.5. The van der Waals surface area contributed by atoms with Crippen molar-refractivity contribution in [3.63, 3.8) is 0 Å². The van der Waals surface area contributed by atoms with Gasteiger partial charge in [0.2, 0.25) is 0 Å². The highest BCUT2D eigenvalue weighted by molar-refractivity contribution is 6.32. The summed E-state index contributed by atoms with van der Waals surface area (Å²) in [5.41, 5.74) is 0.171. The van der Waals surface area contributed by atoms with E-state index in [4.69, 9.17) is 16.3 Å². The number of nitrogens with one attached hydrogen (secondary N) is 3. The van der Waals surface area contributed by atoms with Crippen LogP contribution in [0.4, 0.5) is 29.3 Å². The fourth-order valence-corrected chi connectivity index (χ4v) is 3.40. The van der Waals surface area contributed by atoms with E-state index < -0.39 is 22.8 Å². The smallest absolute Gasteiger partial charge is 0.417 e. The van der Waals surface area contributed by atoms with Gasteiger partial charge in [-0.15, -0.1) is 0 Å². The van der Waals surface area contributed by atoms with Crippen LogP contribution in [-0.2, 0) is 12.7 Å². The van der Waals surface area contributed by atoms with Crippen LogP contribution in [-0.4, -0.2) is 38.1 Å². The van der Waals surface area contributed by atoms with Gasteiger partial charge < -0.3 is 25.6 Å². The van der Waals surface area contributed by atoms with Crippen molar-refractivity contribution in [1.82, 2.24) is 15.6 Å². The third-order valence-corrected chi connectivity index (χ3v) is 5.24. The number of hydrogen-bond acceptors (Lipinski definition) is 5. The fourth-order valence-electron chi connectivity index (χ4n) is 3.14. The van der Waals surface area contributed by atoms with Crippen molar-refractivity contribution < 1.29 is 27.5 Å². The van der Waals surface area contributed by atoms with Crippen molar-refractivity contribution in [2.75, 3.05) is 31.4 Å². The average molecular weight is 522 g/mol. The van der Waals surface area contributed by atoms with Crippen molar-refractivity contribution in [3.05, 3.63) is 76.6 Å². The number of hydrogen-bond donors (Lipinski definition) is 3. The zero-order chi connectivity index (χ0) is 26.5. The molecule has 2 aromatic carbocycles. The summed E-state index contributed by atoms with van der Waals surface area (Å²) in [7, 11) is 4.74. The van der Waals surface area contributed by atoms with E-state index in [1.54, 1.807) is 49.3 Å². The predicted octanol–water partition coefficient (Wildman–Crippen LogP) is 5.29. The van der Waals surface area contributed by atoms with E-state index in [1.165, 1.54) is 19.3 Å². The molecule has 0 radical (unpaired) electrons. The lowest BCUT2D eigenvalue weighted by molar-refractivity contribution is -0.137. The fraction of sp³-hybridized carbons (Fsp3) is 0.208. The van der Waals surface area contributed by atoms with Crippen LogP contribution in [0.5, 0.6) is 11.5 Å². The second-order valence-corrected chi connectivity index (χ2v) is 8.16. The van der Waals surface area contributed by atoms with Gasteiger partial charge >= 0.3 is 12.2 Å². The van der Waals surface area contributed by atoms with Gasteiger partial charge in [-0.1, -0.05) is 23.7 Å². The quantitative estimate of drug-likeness (QED) is 0.392. The number of carbonyl (C=O) groups excluding carboxylic acids is 2. The number of urea groups is 1. The van der Waals surface area contributed by atoms with Gasteiger partial charge in [0.25, 0.3) is 5.91 Å². The van der Waals surface area contributed by atoms with Crippen molar-refractivity contribution in [3.8, 4) is 11.5 Å². The number of aromatic nitrogens is 1. The van der Waals surface area contributed by atoms with Crippen LogP contribution >= 0.6 is 11.6 Å². The van der Waals surface area contributed by atoms with Gasteiger partial charge in [0, 0.05) is 40.0 Å². The Bertz CT molecular complexity index is 1250. The first-order valence-electron chi connectivity index (χ1n) is 10.6.